The summed E-state index contributed by atoms with van der Waals surface area (Å²) in [6.45, 7) is 2.65. The van der Waals surface area contributed by atoms with Gasteiger partial charge < -0.3 is 14.2 Å². The summed E-state index contributed by atoms with van der Waals surface area (Å²) in [4.78, 5) is 42.2. The van der Waals surface area contributed by atoms with Gasteiger partial charge in [0.1, 0.15) is 5.58 Å². The monoisotopic (exact) mass is 380 g/mol. The number of carbonyl (C=O) groups excluding carboxylic acids is 2. The lowest BCUT2D eigenvalue weighted by molar-refractivity contribution is -0.145. The molecule has 0 unspecified atom stereocenters. The number of rotatable bonds is 3. The molecule has 1 spiro atoms. The van der Waals surface area contributed by atoms with E-state index in [0.717, 1.165) is 25.9 Å². The largest absolute Gasteiger partial charge is 0.451 e. The summed E-state index contributed by atoms with van der Waals surface area (Å²) >= 11 is 0. The number of piperidine rings is 1. The van der Waals surface area contributed by atoms with Crippen LogP contribution in [0.5, 0.6) is 0 Å². The van der Waals surface area contributed by atoms with Crippen LogP contribution in [0.25, 0.3) is 11.0 Å². The molecule has 5 rings (SSSR count). The van der Waals surface area contributed by atoms with Gasteiger partial charge in [-0.3, -0.25) is 14.4 Å². The van der Waals surface area contributed by atoms with Crippen molar-refractivity contribution in [2.24, 2.45) is 11.3 Å². The van der Waals surface area contributed by atoms with Crippen molar-refractivity contribution in [1.29, 1.82) is 0 Å². The molecule has 1 aromatic carbocycles. The Morgan fingerprint density at radius 1 is 1.14 bits per heavy atom. The van der Waals surface area contributed by atoms with Crippen LogP contribution in [0.3, 0.4) is 0 Å². The average molecular weight is 380 g/mol. The number of likely N-dealkylation sites (tertiary alicyclic amines) is 2. The molecular formula is C22H24N2O4. The highest BCUT2D eigenvalue weighted by Crippen LogP contribution is 2.42. The zero-order valence-electron chi connectivity index (χ0n) is 15.9. The van der Waals surface area contributed by atoms with Gasteiger partial charge in [0.15, 0.2) is 11.2 Å². The minimum absolute atomic E-state index is 0.0545. The standard InChI is InChI=1S/C22H24N2O4/c25-17-12-19(28-18-5-2-1-4-16(17)18)20(26)24-11-9-22(14-24)8-3-10-23(21(22)27)13-15-6-7-15/h1-2,4-5,12,15H,3,6-11,13-14H2/t22-/m0/s1. The van der Waals surface area contributed by atoms with E-state index in [1.165, 1.54) is 18.9 Å². The lowest BCUT2D eigenvalue weighted by Gasteiger charge is -2.39. The fourth-order valence-electron chi connectivity index (χ4n) is 4.73. The fraction of sp³-hybridized carbons (Fsp3) is 0.500. The molecule has 0 N–H and O–H groups in total. The lowest BCUT2D eigenvalue weighted by atomic mass is 9.78. The van der Waals surface area contributed by atoms with Gasteiger partial charge in [-0.1, -0.05) is 12.1 Å². The van der Waals surface area contributed by atoms with Gasteiger partial charge >= 0.3 is 0 Å². The summed E-state index contributed by atoms with van der Waals surface area (Å²) < 4.78 is 5.71. The van der Waals surface area contributed by atoms with Crippen LogP contribution in [0.4, 0.5) is 0 Å². The first-order chi connectivity index (χ1) is 13.6. The molecule has 1 saturated carbocycles. The van der Waals surface area contributed by atoms with E-state index < -0.39 is 5.41 Å². The van der Waals surface area contributed by atoms with Crippen molar-refractivity contribution in [2.45, 2.75) is 32.1 Å². The van der Waals surface area contributed by atoms with Gasteiger partial charge in [-0.15, -0.1) is 0 Å². The maximum Gasteiger partial charge on any atom is 0.289 e. The van der Waals surface area contributed by atoms with E-state index in [4.69, 9.17) is 4.42 Å². The van der Waals surface area contributed by atoms with Crippen LogP contribution in [0.15, 0.2) is 39.5 Å². The second-order valence-corrected chi connectivity index (χ2v) is 8.53. The van der Waals surface area contributed by atoms with Crippen LogP contribution >= 0.6 is 0 Å². The van der Waals surface area contributed by atoms with Gasteiger partial charge in [0.25, 0.3) is 5.91 Å². The highest BCUT2D eigenvalue weighted by Gasteiger charge is 2.50. The molecule has 2 amide bonds. The molecule has 3 fully saturated rings. The van der Waals surface area contributed by atoms with Crippen LogP contribution in [0.2, 0.25) is 0 Å². The quantitative estimate of drug-likeness (QED) is 0.821. The van der Waals surface area contributed by atoms with E-state index in [1.54, 1.807) is 29.2 Å². The number of para-hydroxylation sites is 1. The smallest absolute Gasteiger partial charge is 0.289 e. The van der Waals surface area contributed by atoms with Gasteiger partial charge in [-0.05, 0) is 50.2 Å². The van der Waals surface area contributed by atoms with Gasteiger partial charge in [-0.25, -0.2) is 0 Å². The Morgan fingerprint density at radius 2 is 1.96 bits per heavy atom. The molecule has 3 heterocycles. The van der Waals surface area contributed by atoms with Crippen LogP contribution < -0.4 is 5.43 Å². The van der Waals surface area contributed by atoms with Crippen molar-refractivity contribution in [3.8, 4) is 0 Å². The summed E-state index contributed by atoms with van der Waals surface area (Å²) in [5.41, 5.74) is -0.264. The Morgan fingerprint density at radius 3 is 2.79 bits per heavy atom. The highest BCUT2D eigenvalue weighted by atomic mass is 16.3. The molecule has 1 aliphatic carbocycles. The molecule has 28 heavy (non-hydrogen) atoms. The Kier molecular flexibility index (Phi) is 4.03. The fourth-order valence-corrected chi connectivity index (χ4v) is 4.73. The zero-order chi connectivity index (χ0) is 19.3. The first kappa shape index (κ1) is 17.5. The third-order valence-electron chi connectivity index (χ3n) is 6.49. The third kappa shape index (κ3) is 2.91. The lowest BCUT2D eigenvalue weighted by Crippen LogP contribution is -2.51. The normalized spacial score (nSPS) is 25.1. The van der Waals surface area contributed by atoms with E-state index in [0.29, 0.717) is 36.4 Å². The molecule has 1 atom stereocenters. The second-order valence-electron chi connectivity index (χ2n) is 8.53. The molecule has 2 aromatic rings. The summed E-state index contributed by atoms with van der Waals surface area (Å²) in [5.74, 6) is 0.636. The molecule has 0 radical (unpaired) electrons. The van der Waals surface area contributed by atoms with Gasteiger partial charge in [0.2, 0.25) is 5.91 Å². The second kappa shape index (κ2) is 6.47. The molecule has 146 valence electrons. The number of fused-ring (bicyclic) bond motifs is 1. The molecule has 2 aliphatic heterocycles. The van der Waals surface area contributed by atoms with Gasteiger partial charge in [0, 0.05) is 32.2 Å². The van der Waals surface area contributed by atoms with Crippen LogP contribution in [0, 0.1) is 11.3 Å². The number of benzene rings is 1. The van der Waals surface area contributed by atoms with Gasteiger partial charge in [-0.2, -0.15) is 0 Å². The van der Waals surface area contributed by atoms with Crippen molar-refractivity contribution in [1.82, 2.24) is 9.80 Å². The predicted octanol–water partition coefficient (Wildman–Crippen LogP) is 2.66. The van der Waals surface area contributed by atoms with E-state index in [-0.39, 0.29) is 23.0 Å². The predicted molar refractivity (Wildman–Crippen MR) is 104 cm³/mol. The van der Waals surface area contributed by atoms with Crippen molar-refractivity contribution in [3.05, 3.63) is 46.3 Å². The minimum atomic E-state index is -0.458. The van der Waals surface area contributed by atoms with Crippen LogP contribution in [-0.2, 0) is 4.79 Å². The number of nitrogens with zero attached hydrogens (tertiary/aromatic N) is 2. The van der Waals surface area contributed by atoms with Gasteiger partial charge in [0.05, 0.1) is 10.8 Å². The molecule has 2 saturated heterocycles. The van der Waals surface area contributed by atoms with Crippen LogP contribution in [-0.4, -0.2) is 47.8 Å². The minimum Gasteiger partial charge on any atom is -0.451 e. The Balaban J connectivity index is 1.37. The first-order valence-electron chi connectivity index (χ1n) is 10.2. The summed E-state index contributed by atoms with van der Waals surface area (Å²) in [6.07, 6.45) is 4.96. The number of carbonyl (C=O) groups is 2. The molecule has 6 heteroatoms. The van der Waals surface area contributed by atoms with Crippen LogP contribution in [0.1, 0.15) is 42.7 Å². The van der Waals surface area contributed by atoms with Crippen molar-refractivity contribution < 1.29 is 14.0 Å². The summed E-state index contributed by atoms with van der Waals surface area (Å²) in [6, 6.07) is 8.21. The van der Waals surface area contributed by atoms with Crippen molar-refractivity contribution in [2.75, 3.05) is 26.2 Å². The molecule has 6 nitrogen and oxygen atoms in total. The number of hydrogen-bond donors (Lipinski definition) is 0. The van der Waals surface area contributed by atoms with E-state index >= 15 is 0 Å². The topological polar surface area (TPSA) is 70.8 Å². The highest BCUT2D eigenvalue weighted by molar-refractivity contribution is 5.94. The molecular weight excluding hydrogens is 356 g/mol. The third-order valence-corrected chi connectivity index (χ3v) is 6.49. The maximum absolute atomic E-state index is 13.2. The van der Waals surface area contributed by atoms with E-state index in [9.17, 15) is 14.4 Å². The van der Waals surface area contributed by atoms with E-state index in [1.807, 2.05) is 4.90 Å². The summed E-state index contributed by atoms with van der Waals surface area (Å²) in [5, 5.41) is 0.468. The Hall–Kier alpha value is -2.63. The average Bonchev–Trinajstić information content (AvgIpc) is 3.42. The first-order valence-corrected chi connectivity index (χ1v) is 10.2. The number of amides is 2. The SMILES string of the molecule is O=C(c1cc(=O)c2ccccc2o1)N1CC[C@@]2(CCCN(CC3CC3)C2=O)C1. The van der Waals surface area contributed by atoms with E-state index in [2.05, 4.69) is 0 Å². The van der Waals surface area contributed by atoms with Crippen molar-refractivity contribution >= 4 is 22.8 Å². The Bertz CT molecular complexity index is 1010. The number of hydrogen-bond acceptors (Lipinski definition) is 4. The van der Waals surface area contributed by atoms with Crippen molar-refractivity contribution in [3.63, 3.8) is 0 Å². The maximum atomic E-state index is 13.2. The molecule has 3 aliphatic rings. The molecule has 0 bridgehead atoms. The molecule has 1 aromatic heterocycles. The zero-order valence-corrected chi connectivity index (χ0v) is 15.9. The Labute approximate surface area is 163 Å². The summed E-state index contributed by atoms with van der Waals surface area (Å²) in [7, 11) is 0.